The number of hydrogen-bond acceptors (Lipinski definition) is 4. The Morgan fingerprint density at radius 1 is 1.35 bits per heavy atom. The van der Waals surface area contributed by atoms with Gasteiger partial charge in [-0.2, -0.15) is 0 Å². The first-order valence-electron chi connectivity index (χ1n) is 9.88. The van der Waals surface area contributed by atoms with E-state index in [0.717, 1.165) is 30.6 Å². The van der Waals surface area contributed by atoms with Gasteiger partial charge in [-0.25, -0.2) is 0 Å². The zero-order chi connectivity index (χ0) is 19.2. The average Bonchev–Trinajstić information content (AvgIpc) is 2.60. The first kappa shape index (κ1) is 20.6. The maximum Gasteiger partial charge on any atom is 0.194 e. The fourth-order valence-corrected chi connectivity index (χ4v) is 3.73. The van der Waals surface area contributed by atoms with E-state index in [1.807, 2.05) is 25.2 Å². The number of allylic oxidation sites excluding steroid dienone is 4. The molecule has 0 amide bonds. The molecule has 0 saturated heterocycles. The van der Waals surface area contributed by atoms with Crippen LogP contribution in [0.2, 0.25) is 0 Å². The fraction of sp³-hybridized carbons (Fsp3) is 0.636. The Morgan fingerprint density at radius 2 is 2.08 bits per heavy atom. The van der Waals surface area contributed by atoms with Crippen LogP contribution in [-0.2, 0) is 14.3 Å². The van der Waals surface area contributed by atoms with Crippen molar-refractivity contribution >= 4 is 11.6 Å². The van der Waals surface area contributed by atoms with Crippen molar-refractivity contribution in [2.45, 2.75) is 77.7 Å². The van der Waals surface area contributed by atoms with Crippen molar-refractivity contribution in [3.05, 3.63) is 35.1 Å². The lowest BCUT2D eigenvalue weighted by atomic mass is 9.70. The summed E-state index contributed by atoms with van der Waals surface area (Å²) in [4.78, 5) is 25.1. The number of ketones is 2. The fourth-order valence-electron chi connectivity index (χ4n) is 3.73. The molecule has 4 nitrogen and oxygen atoms in total. The summed E-state index contributed by atoms with van der Waals surface area (Å²) in [5.41, 5.74) is -0.0421. The summed E-state index contributed by atoms with van der Waals surface area (Å²) in [6, 6.07) is 0. The number of rotatable bonds is 9. The van der Waals surface area contributed by atoms with Gasteiger partial charge in [0.2, 0.25) is 0 Å². The predicted molar refractivity (Wildman–Crippen MR) is 103 cm³/mol. The van der Waals surface area contributed by atoms with Gasteiger partial charge in [0.05, 0.1) is 0 Å². The number of carbonyl (C=O) groups excluding carboxylic acids is 2. The topological polar surface area (TPSA) is 63.6 Å². The molecule has 0 aromatic heterocycles. The Bertz CT molecular complexity index is 622. The van der Waals surface area contributed by atoms with Crippen molar-refractivity contribution in [2.75, 3.05) is 6.61 Å². The highest BCUT2D eigenvalue weighted by Gasteiger charge is 2.46. The van der Waals surface area contributed by atoms with Crippen LogP contribution in [-0.4, -0.2) is 28.9 Å². The third-order valence-electron chi connectivity index (χ3n) is 5.45. The second kappa shape index (κ2) is 9.31. The maximum atomic E-state index is 12.7. The van der Waals surface area contributed by atoms with Crippen LogP contribution in [0.25, 0.3) is 0 Å². The van der Waals surface area contributed by atoms with Gasteiger partial charge >= 0.3 is 0 Å². The van der Waals surface area contributed by atoms with Crippen LogP contribution in [0, 0.1) is 5.92 Å². The first-order valence-corrected chi connectivity index (χ1v) is 9.88. The van der Waals surface area contributed by atoms with E-state index in [2.05, 4.69) is 6.92 Å². The zero-order valence-corrected chi connectivity index (χ0v) is 16.3. The van der Waals surface area contributed by atoms with Crippen molar-refractivity contribution in [3.8, 4) is 0 Å². The molecule has 4 heteroatoms. The molecule has 1 N–H and O–H groups in total. The molecule has 0 aromatic carbocycles. The summed E-state index contributed by atoms with van der Waals surface area (Å²) in [7, 11) is 0. The minimum Gasteiger partial charge on any atom is -0.489 e. The lowest BCUT2D eigenvalue weighted by molar-refractivity contribution is -0.141. The molecule has 144 valence electrons. The van der Waals surface area contributed by atoms with Crippen LogP contribution in [0.1, 0.15) is 72.1 Å². The van der Waals surface area contributed by atoms with E-state index in [1.54, 1.807) is 6.92 Å². The van der Waals surface area contributed by atoms with E-state index < -0.39 is 5.60 Å². The molecule has 2 aliphatic rings. The molecule has 0 radical (unpaired) electrons. The van der Waals surface area contributed by atoms with Gasteiger partial charge in [0.25, 0.3) is 0 Å². The largest absolute Gasteiger partial charge is 0.489 e. The van der Waals surface area contributed by atoms with Crippen molar-refractivity contribution in [3.63, 3.8) is 0 Å². The summed E-state index contributed by atoms with van der Waals surface area (Å²) in [5, 5.41) is 10.8. The number of hydrogen-bond donors (Lipinski definition) is 1. The second-order valence-electron chi connectivity index (χ2n) is 7.62. The molecular weight excluding hydrogens is 328 g/mol. The number of aliphatic hydroxyl groups is 1. The number of Topliss-reactive ketones (excluding diaryl/α,β-unsaturated/α-hetero) is 2. The maximum absolute atomic E-state index is 12.7. The standard InChI is InChI=1S/C22H32O4/c1-4-6-7-8-9-11-18(23)14-17-12-16-13-19(10-5-2)26-15-20(16)21(24)22(17,3)25/h5,10,13,17,25H,4,6-9,11-12,14-15H2,1-3H3/b10-5+/t17-,22-/m0/s1. The monoisotopic (exact) mass is 360 g/mol. The highest BCUT2D eigenvalue weighted by molar-refractivity contribution is 6.04. The number of unbranched alkanes of at least 4 members (excludes halogenated alkanes) is 4. The third-order valence-corrected chi connectivity index (χ3v) is 5.45. The van der Waals surface area contributed by atoms with E-state index in [0.29, 0.717) is 18.4 Å². The molecule has 0 saturated carbocycles. The SMILES string of the molecule is C/C=C/C1=CC2=C(CO1)C(=O)[C@@](C)(O)[C@H](CC(=O)CCCCCCC)C2. The highest BCUT2D eigenvalue weighted by atomic mass is 16.5. The van der Waals surface area contributed by atoms with Crippen molar-refractivity contribution in [1.82, 2.24) is 0 Å². The highest BCUT2D eigenvalue weighted by Crippen LogP contribution is 2.40. The van der Waals surface area contributed by atoms with Crippen LogP contribution < -0.4 is 0 Å². The molecule has 0 spiro atoms. The molecule has 2 rings (SSSR count). The molecule has 1 heterocycles. The number of carbonyl (C=O) groups is 2. The minimum absolute atomic E-state index is 0.147. The van der Waals surface area contributed by atoms with Crippen LogP contribution in [0.3, 0.4) is 0 Å². The third kappa shape index (κ3) is 4.94. The van der Waals surface area contributed by atoms with Crippen LogP contribution in [0.5, 0.6) is 0 Å². The Balaban J connectivity index is 2.02. The van der Waals surface area contributed by atoms with Gasteiger partial charge in [0.15, 0.2) is 5.78 Å². The van der Waals surface area contributed by atoms with E-state index in [4.69, 9.17) is 4.74 Å². The Hall–Kier alpha value is -1.68. The van der Waals surface area contributed by atoms with E-state index >= 15 is 0 Å². The molecule has 1 aliphatic carbocycles. The van der Waals surface area contributed by atoms with Crippen molar-refractivity contribution in [1.29, 1.82) is 0 Å². The lowest BCUT2D eigenvalue weighted by Gasteiger charge is -2.38. The predicted octanol–water partition coefficient (Wildman–Crippen LogP) is 4.43. The van der Waals surface area contributed by atoms with Crippen LogP contribution in [0.4, 0.5) is 0 Å². The Kier molecular flexibility index (Phi) is 7.39. The van der Waals surface area contributed by atoms with Gasteiger partial charge in [-0.05, 0) is 44.4 Å². The summed E-state index contributed by atoms with van der Waals surface area (Å²) in [6.45, 7) is 5.82. The molecule has 0 bridgehead atoms. The molecular formula is C22H32O4. The van der Waals surface area contributed by atoms with E-state index in [1.165, 1.54) is 12.8 Å². The van der Waals surface area contributed by atoms with E-state index in [-0.39, 0.29) is 30.5 Å². The first-order chi connectivity index (χ1) is 12.4. The number of ether oxygens (including phenoxy) is 1. The van der Waals surface area contributed by atoms with Gasteiger partial charge in [-0.3, -0.25) is 9.59 Å². The molecule has 1 aliphatic heterocycles. The lowest BCUT2D eigenvalue weighted by Crippen LogP contribution is -2.49. The summed E-state index contributed by atoms with van der Waals surface area (Å²) < 4.78 is 5.57. The van der Waals surface area contributed by atoms with Crippen LogP contribution >= 0.6 is 0 Å². The molecule has 0 aromatic rings. The van der Waals surface area contributed by atoms with Crippen molar-refractivity contribution in [2.24, 2.45) is 5.92 Å². The average molecular weight is 360 g/mol. The molecule has 0 unspecified atom stereocenters. The summed E-state index contributed by atoms with van der Waals surface area (Å²) in [6.07, 6.45) is 12.5. The van der Waals surface area contributed by atoms with E-state index in [9.17, 15) is 14.7 Å². The van der Waals surface area contributed by atoms with Crippen molar-refractivity contribution < 1.29 is 19.4 Å². The van der Waals surface area contributed by atoms with Gasteiger partial charge in [-0.1, -0.05) is 38.7 Å². The summed E-state index contributed by atoms with van der Waals surface area (Å²) >= 11 is 0. The smallest absolute Gasteiger partial charge is 0.194 e. The minimum atomic E-state index is -1.49. The quantitative estimate of drug-likeness (QED) is 0.618. The molecule has 2 atom stereocenters. The zero-order valence-electron chi connectivity index (χ0n) is 16.3. The normalized spacial score (nSPS) is 25.9. The van der Waals surface area contributed by atoms with Gasteiger partial charge in [0.1, 0.15) is 23.8 Å². The summed E-state index contributed by atoms with van der Waals surface area (Å²) in [5.74, 6) is 0.211. The second-order valence-corrected chi connectivity index (χ2v) is 7.62. The Labute approximate surface area is 157 Å². The van der Waals surface area contributed by atoms with Gasteiger partial charge < -0.3 is 9.84 Å². The Morgan fingerprint density at radius 3 is 2.77 bits per heavy atom. The van der Waals surface area contributed by atoms with Gasteiger partial charge in [-0.15, -0.1) is 0 Å². The van der Waals surface area contributed by atoms with Crippen LogP contribution in [0.15, 0.2) is 35.1 Å². The molecule has 0 fully saturated rings. The molecule has 26 heavy (non-hydrogen) atoms. The van der Waals surface area contributed by atoms with Gasteiger partial charge in [0, 0.05) is 24.3 Å².